The Balaban J connectivity index is 1.35. The quantitative estimate of drug-likeness (QED) is 0.759. The van der Waals surface area contributed by atoms with E-state index >= 15 is 0 Å². The molecule has 0 aliphatic carbocycles. The highest BCUT2D eigenvalue weighted by atomic mass is 16.5. The summed E-state index contributed by atoms with van der Waals surface area (Å²) in [7, 11) is 0. The van der Waals surface area contributed by atoms with Gasteiger partial charge in [0, 0.05) is 24.5 Å². The fourth-order valence-corrected chi connectivity index (χ4v) is 3.49. The van der Waals surface area contributed by atoms with E-state index in [1.54, 1.807) is 6.20 Å². The Kier molecular flexibility index (Phi) is 5.19. The number of nitrogens with zero attached hydrogens (tertiary/aromatic N) is 2. The third-order valence-electron chi connectivity index (χ3n) is 4.91. The summed E-state index contributed by atoms with van der Waals surface area (Å²) in [6.07, 6.45) is 5.44. The lowest BCUT2D eigenvalue weighted by molar-refractivity contribution is -0.121. The van der Waals surface area contributed by atoms with Gasteiger partial charge in [0.15, 0.2) is 0 Å². The van der Waals surface area contributed by atoms with E-state index in [0.717, 1.165) is 30.0 Å². The van der Waals surface area contributed by atoms with Gasteiger partial charge < -0.3 is 14.6 Å². The molecule has 1 atom stereocenters. The van der Waals surface area contributed by atoms with Crippen LogP contribution >= 0.6 is 0 Å². The van der Waals surface area contributed by atoms with Crippen LogP contribution in [0.5, 0.6) is 5.75 Å². The van der Waals surface area contributed by atoms with Crippen LogP contribution in [0.4, 0.5) is 0 Å². The number of ether oxygens (including phenoxy) is 1. The first-order chi connectivity index (χ1) is 13.3. The van der Waals surface area contributed by atoms with Gasteiger partial charge in [-0.05, 0) is 30.4 Å². The van der Waals surface area contributed by atoms with Crippen molar-refractivity contribution in [3.63, 3.8) is 0 Å². The summed E-state index contributed by atoms with van der Waals surface area (Å²) < 4.78 is 7.70. The molecular weight excluding hydrogens is 338 g/mol. The Morgan fingerprint density at radius 3 is 2.85 bits per heavy atom. The van der Waals surface area contributed by atoms with Crippen LogP contribution in [-0.2, 0) is 17.8 Å². The Morgan fingerprint density at radius 2 is 1.96 bits per heavy atom. The molecule has 0 bridgehead atoms. The molecule has 138 valence electrons. The molecular formula is C22H23N3O2. The normalized spacial score (nSPS) is 16.1. The van der Waals surface area contributed by atoms with Crippen molar-refractivity contribution in [2.75, 3.05) is 13.2 Å². The zero-order valence-electron chi connectivity index (χ0n) is 15.2. The first kappa shape index (κ1) is 17.3. The van der Waals surface area contributed by atoms with E-state index in [2.05, 4.69) is 16.4 Å². The number of fused-ring (bicyclic) bond motifs is 1. The summed E-state index contributed by atoms with van der Waals surface area (Å²) in [5.41, 5.74) is 2.23. The zero-order valence-corrected chi connectivity index (χ0v) is 15.2. The lowest BCUT2D eigenvalue weighted by Gasteiger charge is -2.15. The molecule has 2 heterocycles. The molecule has 1 aromatic heterocycles. The second-order valence-electron chi connectivity index (χ2n) is 6.86. The van der Waals surface area contributed by atoms with Crippen molar-refractivity contribution < 1.29 is 9.53 Å². The predicted octanol–water partition coefficient (Wildman–Crippen LogP) is 3.31. The number of hydrogen-bond acceptors (Lipinski definition) is 3. The predicted molar refractivity (Wildman–Crippen MR) is 104 cm³/mol. The van der Waals surface area contributed by atoms with Gasteiger partial charge in [-0.3, -0.25) is 4.79 Å². The summed E-state index contributed by atoms with van der Waals surface area (Å²) in [4.78, 5) is 16.9. The Labute approximate surface area is 159 Å². The molecule has 2 aromatic carbocycles. The lowest BCUT2D eigenvalue weighted by Crippen LogP contribution is -2.33. The van der Waals surface area contributed by atoms with Crippen LogP contribution in [0.1, 0.15) is 12.0 Å². The number of para-hydroxylation sites is 1. The van der Waals surface area contributed by atoms with Gasteiger partial charge >= 0.3 is 0 Å². The van der Waals surface area contributed by atoms with Gasteiger partial charge in [-0.25, -0.2) is 4.98 Å². The van der Waals surface area contributed by atoms with Crippen LogP contribution in [0.2, 0.25) is 0 Å². The maximum Gasteiger partial charge on any atom is 0.240 e. The van der Waals surface area contributed by atoms with E-state index in [1.807, 2.05) is 59.3 Å². The Hall–Kier alpha value is -3.08. The minimum Gasteiger partial charge on any atom is -0.493 e. The van der Waals surface area contributed by atoms with Crippen LogP contribution in [0.15, 0.2) is 67.0 Å². The second kappa shape index (κ2) is 8.08. The summed E-state index contributed by atoms with van der Waals surface area (Å²) in [5, 5.41) is 3.08. The number of carbonyl (C=O) groups excluding carboxylic acids is 1. The standard InChI is InChI=1S/C22H23N3O2/c26-21(16-25-12-11-23-22(25)18-6-2-1-3-7-18)24-15-17-10-13-27-20-9-5-4-8-19(20)14-17/h1-9,11-12,17H,10,13-16H2,(H,24,26)/t17-/m0/s1. The molecule has 0 saturated heterocycles. The van der Waals surface area contributed by atoms with Crippen LogP contribution in [0.25, 0.3) is 11.4 Å². The molecule has 0 saturated carbocycles. The summed E-state index contributed by atoms with van der Waals surface area (Å²) in [6, 6.07) is 18.1. The van der Waals surface area contributed by atoms with Gasteiger partial charge in [0.1, 0.15) is 18.1 Å². The zero-order chi connectivity index (χ0) is 18.5. The van der Waals surface area contributed by atoms with E-state index < -0.39 is 0 Å². The van der Waals surface area contributed by atoms with Gasteiger partial charge in [0.05, 0.1) is 6.61 Å². The lowest BCUT2D eigenvalue weighted by atomic mass is 9.97. The molecule has 0 spiro atoms. The molecule has 27 heavy (non-hydrogen) atoms. The number of imidazole rings is 1. The molecule has 0 fully saturated rings. The van der Waals surface area contributed by atoms with E-state index in [9.17, 15) is 4.79 Å². The summed E-state index contributed by atoms with van der Waals surface area (Å²) in [6.45, 7) is 1.62. The number of benzene rings is 2. The smallest absolute Gasteiger partial charge is 0.240 e. The van der Waals surface area contributed by atoms with Crippen molar-refractivity contribution in [3.05, 3.63) is 72.6 Å². The first-order valence-corrected chi connectivity index (χ1v) is 9.33. The van der Waals surface area contributed by atoms with Crippen molar-refractivity contribution in [1.82, 2.24) is 14.9 Å². The average molecular weight is 361 g/mol. The number of aromatic nitrogens is 2. The number of carbonyl (C=O) groups is 1. The molecule has 4 rings (SSSR count). The second-order valence-corrected chi connectivity index (χ2v) is 6.86. The van der Waals surface area contributed by atoms with Crippen molar-refractivity contribution in [3.8, 4) is 17.1 Å². The molecule has 5 heteroatoms. The van der Waals surface area contributed by atoms with Crippen LogP contribution < -0.4 is 10.1 Å². The van der Waals surface area contributed by atoms with Crippen LogP contribution in [0, 0.1) is 5.92 Å². The topological polar surface area (TPSA) is 56.2 Å². The molecule has 1 aliphatic rings. The van der Waals surface area contributed by atoms with Crippen LogP contribution in [-0.4, -0.2) is 28.6 Å². The fraction of sp³-hybridized carbons (Fsp3) is 0.273. The Bertz CT molecular complexity index is 905. The fourth-order valence-electron chi connectivity index (χ4n) is 3.49. The largest absolute Gasteiger partial charge is 0.493 e. The molecule has 1 aliphatic heterocycles. The summed E-state index contributed by atoms with van der Waals surface area (Å²) >= 11 is 0. The molecule has 1 amide bonds. The van der Waals surface area contributed by atoms with Crippen molar-refractivity contribution in [2.45, 2.75) is 19.4 Å². The van der Waals surface area contributed by atoms with Gasteiger partial charge in [-0.15, -0.1) is 0 Å². The first-order valence-electron chi connectivity index (χ1n) is 9.33. The number of rotatable bonds is 5. The average Bonchev–Trinajstić information content (AvgIpc) is 3.05. The maximum absolute atomic E-state index is 12.5. The maximum atomic E-state index is 12.5. The van der Waals surface area contributed by atoms with Crippen molar-refractivity contribution in [1.29, 1.82) is 0 Å². The van der Waals surface area contributed by atoms with E-state index in [-0.39, 0.29) is 12.5 Å². The number of amides is 1. The van der Waals surface area contributed by atoms with Crippen molar-refractivity contribution in [2.24, 2.45) is 5.92 Å². The van der Waals surface area contributed by atoms with Gasteiger partial charge in [0.25, 0.3) is 0 Å². The van der Waals surface area contributed by atoms with Crippen LogP contribution in [0.3, 0.4) is 0 Å². The Morgan fingerprint density at radius 1 is 1.15 bits per heavy atom. The minimum absolute atomic E-state index is 0.00336. The number of hydrogen-bond donors (Lipinski definition) is 1. The highest BCUT2D eigenvalue weighted by Crippen LogP contribution is 2.26. The molecule has 0 radical (unpaired) electrons. The number of nitrogens with one attached hydrogen (secondary N) is 1. The molecule has 0 unspecified atom stereocenters. The van der Waals surface area contributed by atoms with E-state index in [4.69, 9.17) is 4.74 Å². The minimum atomic E-state index is 0.00336. The molecule has 3 aromatic rings. The third kappa shape index (κ3) is 4.19. The van der Waals surface area contributed by atoms with Gasteiger partial charge in [0.2, 0.25) is 5.91 Å². The highest BCUT2D eigenvalue weighted by Gasteiger charge is 2.18. The summed E-state index contributed by atoms with van der Waals surface area (Å²) in [5.74, 6) is 2.16. The van der Waals surface area contributed by atoms with Crippen molar-refractivity contribution >= 4 is 5.91 Å². The molecule has 5 nitrogen and oxygen atoms in total. The molecule has 1 N–H and O–H groups in total. The highest BCUT2D eigenvalue weighted by molar-refractivity contribution is 5.76. The van der Waals surface area contributed by atoms with Gasteiger partial charge in [-0.2, -0.15) is 0 Å². The monoisotopic (exact) mass is 361 g/mol. The SMILES string of the molecule is O=C(Cn1ccnc1-c1ccccc1)NC[C@H]1CCOc2ccccc2C1. The van der Waals surface area contributed by atoms with E-state index in [0.29, 0.717) is 19.1 Å². The van der Waals surface area contributed by atoms with E-state index in [1.165, 1.54) is 5.56 Å². The third-order valence-corrected chi connectivity index (χ3v) is 4.91. The van der Waals surface area contributed by atoms with Gasteiger partial charge in [-0.1, -0.05) is 48.5 Å².